The van der Waals surface area contributed by atoms with Crippen molar-refractivity contribution in [3.8, 4) is 0 Å². The molecule has 0 atom stereocenters. The zero-order valence-corrected chi connectivity index (χ0v) is 13.9. The van der Waals surface area contributed by atoms with E-state index in [0.29, 0.717) is 6.61 Å². The molecule has 0 unspecified atom stereocenters. The normalized spacial score (nSPS) is 11.6. The van der Waals surface area contributed by atoms with Crippen LogP contribution in [0.1, 0.15) is 30.9 Å². The monoisotopic (exact) mass is 302 g/mol. The Morgan fingerprint density at radius 3 is 1.90 bits per heavy atom. The van der Waals surface area contributed by atoms with Gasteiger partial charge in [0.2, 0.25) is 0 Å². The smallest absolute Gasteiger partial charge is 0.261 e. The highest BCUT2D eigenvalue weighted by Crippen LogP contribution is 2.45. The lowest BCUT2D eigenvalue weighted by Gasteiger charge is -2.20. The lowest BCUT2D eigenvalue weighted by atomic mass is 10.2. The molecule has 0 N–H and O–H groups in total. The number of benzene rings is 2. The van der Waals surface area contributed by atoms with Crippen LogP contribution in [0.25, 0.3) is 0 Å². The molecule has 0 aliphatic rings. The van der Waals surface area contributed by atoms with Gasteiger partial charge in [-0.3, -0.25) is 4.57 Å². The van der Waals surface area contributed by atoms with E-state index in [4.69, 9.17) is 4.52 Å². The fraction of sp³-hybridized carbons (Fsp3) is 0.333. The zero-order chi connectivity index (χ0) is 15.3. The molecule has 0 saturated carbocycles. The molecule has 0 aliphatic carbocycles. The van der Waals surface area contributed by atoms with Crippen molar-refractivity contribution in [1.82, 2.24) is 0 Å². The highest BCUT2D eigenvalue weighted by molar-refractivity contribution is 7.74. The fourth-order valence-electron chi connectivity index (χ4n) is 2.26. The van der Waals surface area contributed by atoms with Crippen molar-refractivity contribution in [2.24, 2.45) is 0 Å². The van der Waals surface area contributed by atoms with Crippen molar-refractivity contribution >= 4 is 18.0 Å². The largest absolute Gasteiger partial charge is 0.322 e. The molecular formula is C18H23O2P. The Morgan fingerprint density at radius 1 is 0.952 bits per heavy atom. The highest BCUT2D eigenvalue weighted by Gasteiger charge is 2.28. The van der Waals surface area contributed by atoms with Crippen LogP contribution in [0, 0.1) is 13.8 Å². The standard InChI is InChI=1S/C18H23O2P/c1-4-5-12-20-21(19,17-10-6-8-15(2)13-17)18-11-7-9-16(3)14-18/h6-11,13-14H,4-5,12H2,1-3H3. The van der Waals surface area contributed by atoms with Crippen LogP contribution in [0.15, 0.2) is 48.5 Å². The minimum Gasteiger partial charge on any atom is -0.322 e. The van der Waals surface area contributed by atoms with Crippen LogP contribution in [-0.2, 0) is 9.09 Å². The fourth-order valence-corrected chi connectivity index (χ4v) is 4.55. The van der Waals surface area contributed by atoms with Gasteiger partial charge in [0, 0.05) is 10.6 Å². The predicted molar refractivity (Wildman–Crippen MR) is 90.1 cm³/mol. The molecule has 0 amide bonds. The molecule has 2 rings (SSSR count). The van der Waals surface area contributed by atoms with Gasteiger partial charge in [-0.05, 0) is 44.5 Å². The third-order valence-corrected chi connectivity index (χ3v) is 5.92. The maximum Gasteiger partial charge on any atom is 0.261 e. The molecular weight excluding hydrogens is 279 g/mol. The van der Waals surface area contributed by atoms with Crippen molar-refractivity contribution in [1.29, 1.82) is 0 Å². The van der Waals surface area contributed by atoms with E-state index in [0.717, 1.165) is 34.6 Å². The van der Waals surface area contributed by atoms with Crippen LogP contribution in [0.5, 0.6) is 0 Å². The molecule has 2 aromatic carbocycles. The van der Waals surface area contributed by atoms with Gasteiger partial charge in [-0.2, -0.15) is 0 Å². The van der Waals surface area contributed by atoms with Crippen LogP contribution in [0.4, 0.5) is 0 Å². The third-order valence-electron chi connectivity index (χ3n) is 3.45. The highest BCUT2D eigenvalue weighted by atomic mass is 31.2. The Kier molecular flexibility index (Phi) is 5.39. The average Bonchev–Trinajstić information content (AvgIpc) is 2.47. The summed E-state index contributed by atoms with van der Waals surface area (Å²) in [6, 6.07) is 15.6. The van der Waals surface area contributed by atoms with E-state index in [9.17, 15) is 4.57 Å². The molecule has 3 heteroatoms. The maximum absolute atomic E-state index is 13.6. The Morgan fingerprint density at radius 2 is 1.48 bits per heavy atom. The second-order valence-corrected chi connectivity index (χ2v) is 7.81. The van der Waals surface area contributed by atoms with E-state index in [1.165, 1.54) is 0 Å². The van der Waals surface area contributed by atoms with Gasteiger partial charge in [0.15, 0.2) is 0 Å². The molecule has 0 bridgehead atoms. The van der Waals surface area contributed by atoms with Crippen molar-refractivity contribution in [3.05, 3.63) is 59.7 Å². The summed E-state index contributed by atoms with van der Waals surface area (Å²) in [5.41, 5.74) is 2.19. The third kappa shape index (κ3) is 3.84. The Balaban J connectivity index is 2.46. The minimum absolute atomic E-state index is 0.523. The first-order chi connectivity index (χ1) is 10.1. The van der Waals surface area contributed by atoms with E-state index in [-0.39, 0.29) is 0 Å². The van der Waals surface area contributed by atoms with Crippen molar-refractivity contribution in [2.45, 2.75) is 33.6 Å². The maximum atomic E-state index is 13.6. The van der Waals surface area contributed by atoms with Gasteiger partial charge in [-0.15, -0.1) is 0 Å². The van der Waals surface area contributed by atoms with E-state index in [2.05, 4.69) is 6.92 Å². The molecule has 2 aromatic rings. The summed E-state index contributed by atoms with van der Waals surface area (Å²) in [6.45, 7) is 6.65. The number of unbranched alkanes of at least 4 members (excludes halogenated alkanes) is 1. The van der Waals surface area contributed by atoms with Crippen LogP contribution >= 0.6 is 7.37 Å². The molecule has 0 heterocycles. The number of hydrogen-bond donors (Lipinski definition) is 0. The van der Waals surface area contributed by atoms with Gasteiger partial charge in [0.1, 0.15) is 0 Å². The summed E-state index contributed by atoms with van der Waals surface area (Å²) < 4.78 is 19.5. The average molecular weight is 302 g/mol. The summed E-state index contributed by atoms with van der Waals surface area (Å²) in [7, 11) is -3.01. The van der Waals surface area contributed by atoms with Crippen molar-refractivity contribution in [3.63, 3.8) is 0 Å². The zero-order valence-electron chi connectivity index (χ0n) is 13.0. The number of rotatable bonds is 6. The van der Waals surface area contributed by atoms with Crippen LogP contribution in [0.3, 0.4) is 0 Å². The lowest BCUT2D eigenvalue weighted by molar-refractivity contribution is 0.318. The molecule has 0 aromatic heterocycles. The van der Waals surface area contributed by atoms with Crippen molar-refractivity contribution in [2.75, 3.05) is 6.61 Å². The Hall–Kier alpha value is -1.37. The van der Waals surface area contributed by atoms with E-state index < -0.39 is 7.37 Å². The van der Waals surface area contributed by atoms with Gasteiger partial charge >= 0.3 is 0 Å². The topological polar surface area (TPSA) is 26.3 Å². The number of hydrogen-bond acceptors (Lipinski definition) is 2. The van der Waals surface area contributed by atoms with Gasteiger partial charge in [0.25, 0.3) is 7.37 Å². The SMILES string of the molecule is CCCCOP(=O)(c1cccc(C)c1)c1cccc(C)c1. The summed E-state index contributed by atoms with van der Waals surface area (Å²) in [5.74, 6) is 0. The van der Waals surface area contributed by atoms with E-state index in [1.807, 2.05) is 62.4 Å². The van der Waals surface area contributed by atoms with Gasteiger partial charge in [0.05, 0.1) is 6.61 Å². The first-order valence-electron chi connectivity index (χ1n) is 7.45. The number of aryl methyl sites for hydroxylation is 2. The minimum atomic E-state index is -3.01. The Bertz CT molecular complexity index is 600. The summed E-state index contributed by atoms with van der Waals surface area (Å²) in [4.78, 5) is 0. The molecule has 0 radical (unpaired) electrons. The molecule has 0 spiro atoms. The summed E-state index contributed by atoms with van der Waals surface area (Å²) in [6.07, 6.45) is 1.95. The predicted octanol–water partition coefficient (Wildman–Crippen LogP) is 4.35. The first-order valence-corrected chi connectivity index (χ1v) is 9.08. The van der Waals surface area contributed by atoms with Gasteiger partial charge in [-0.1, -0.05) is 48.7 Å². The van der Waals surface area contributed by atoms with Gasteiger partial charge < -0.3 is 4.52 Å². The molecule has 112 valence electrons. The second kappa shape index (κ2) is 7.06. The molecule has 0 fully saturated rings. The van der Waals surface area contributed by atoms with E-state index >= 15 is 0 Å². The lowest BCUT2D eigenvalue weighted by Crippen LogP contribution is -2.19. The van der Waals surface area contributed by atoms with Crippen LogP contribution < -0.4 is 10.6 Å². The van der Waals surface area contributed by atoms with E-state index in [1.54, 1.807) is 0 Å². The molecule has 2 nitrogen and oxygen atoms in total. The van der Waals surface area contributed by atoms with Gasteiger partial charge in [-0.25, -0.2) is 0 Å². The molecule has 0 aliphatic heterocycles. The first kappa shape index (κ1) is 16.0. The van der Waals surface area contributed by atoms with Crippen molar-refractivity contribution < 1.29 is 9.09 Å². The quantitative estimate of drug-likeness (QED) is 0.586. The molecule has 21 heavy (non-hydrogen) atoms. The van der Waals surface area contributed by atoms with Crippen LogP contribution in [0.2, 0.25) is 0 Å². The molecule has 0 saturated heterocycles. The summed E-state index contributed by atoms with van der Waals surface area (Å²) >= 11 is 0. The van der Waals surface area contributed by atoms with Crippen LogP contribution in [-0.4, -0.2) is 6.61 Å². The summed E-state index contributed by atoms with van der Waals surface area (Å²) in [5, 5.41) is 1.56. The second-order valence-electron chi connectivity index (χ2n) is 5.42. The Labute approximate surface area is 127 Å².